The van der Waals surface area contributed by atoms with E-state index in [1.807, 2.05) is 0 Å². The van der Waals surface area contributed by atoms with Crippen LogP contribution in [0.15, 0.2) is 63.4 Å². The van der Waals surface area contributed by atoms with Gasteiger partial charge >= 0.3 is 12.4 Å². The van der Waals surface area contributed by atoms with Crippen molar-refractivity contribution < 1.29 is 41.7 Å². The maximum Gasteiger partial charge on any atom is 0.416 e. The van der Waals surface area contributed by atoms with Gasteiger partial charge in [0.05, 0.1) is 54.2 Å². The number of aryl methyl sites for hydroxylation is 2. The molecule has 6 aromatic rings. The molecule has 8 rings (SSSR count). The van der Waals surface area contributed by atoms with E-state index in [-0.39, 0.29) is 63.4 Å². The van der Waals surface area contributed by atoms with E-state index >= 15 is 0 Å². The van der Waals surface area contributed by atoms with Crippen LogP contribution in [0, 0.1) is 0 Å². The number of pyridine rings is 4. The number of nitrogens with zero attached hydrogens (tertiary/aromatic N) is 9. The predicted octanol–water partition coefficient (Wildman–Crippen LogP) is 5.86. The number of piperidine rings is 2. The lowest BCUT2D eigenvalue weighted by atomic mass is 9.89. The summed E-state index contributed by atoms with van der Waals surface area (Å²) < 4.78 is 95.0. The van der Waals surface area contributed by atoms with Gasteiger partial charge in [-0.15, -0.1) is 0 Å². The number of halogens is 7. The molecule has 0 aromatic carbocycles. The first-order valence-electron chi connectivity index (χ1n) is 23.4. The molecule has 8 heterocycles. The van der Waals surface area contributed by atoms with Crippen LogP contribution in [0.2, 0.25) is 0 Å². The number of anilines is 3. The summed E-state index contributed by atoms with van der Waals surface area (Å²) in [6.07, 6.45) is -3.61. The minimum absolute atomic E-state index is 0.00702. The van der Waals surface area contributed by atoms with Crippen LogP contribution >= 0.6 is 0 Å². The molecule has 8 N–H and O–H groups in total. The summed E-state index contributed by atoms with van der Waals surface area (Å²) >= 11 is 0. The van der Waals surface area contributed by atoms with E-state index in [4.69, 9.17) is 18.6 Å². The van der Waals surface area contributed by atoms with Crippen LogP contribution in [0.25, 0.3) is 22.1 Å². The first-order valence-corrected chi connectivity index (χ1v) is 22.7. The molecule has 2 saturated heterocycles. The number of carbonyl (C=O) groups is 2. The van der Waals surface area contributed by atoms with Gasteiger partial charge in [0, 0.05) is 71.3 Å². The van der Waals surface area contributed by atoms with Crippen LogP contribution in [0.1, 0.15) is 112 Å². The fraction of sp³-hybridized carbons (Fsp3) is 0.447. The minimum atomic E-state index is -4.56. The minimum Gasteiger partial charge on any atom is -0.384 e. The van der Waals surface area contributed by atoms with Gasteiger partial charge in [-0.2, -0.15) is 26.3 Å². The number of likely N-dealkylation sites (tertiary alicyclic amines) is 2. The molecule has 0 spiro atoms. The lowest BCUT2D eigenvalue weighted by Gasteiger charge is -2.31. The Bertz CT molecular complexity index is 3150. The quantitative estimate of drug-likeness (QED) is 0.122. The van der Waals surface area contributed by atoms with Crippen LogP contribution in [0.4, 0.5) is 48.2 Å². The van der Waals surface area contributed by atoms with Crippen molar-refractivity contribution >= 4 is 51.3 Å². The normalized spacial score (nSPS) is 15.5. The largest absolute Gasteiger partial charge is 0.416 e. The van der Waals surface area contributed by atoms with Crippen LogP contribution in [-0.4, -0.2) is 94.0 Å². The van der Waals surface area contributed by atoms with Gasteiger partial charge in [0.25, 0.3) is 16.7 Å². The maximum atomic E-state index is 13.2. The third-order valence-electron chi connectivity index (χ3n) is 12.5. The summed E-state index contributed by atoms with van der Waals surface area (Å²) in [6.45, 7) is 8.70. The number of amides is 2. The molecular weight excluding hydrogens is 974 g/mol. The number of alkyl halides is 7. The number of carbonyl (C=O) groups excluding carboxylic acids is 2. The zero-order chi connectivity index (χ0) is 55.0. The van der Waals surface area contributed by atoms with Gasteiger partial charge in [-0.1, -0.05) is 0 Å². The molecule has 0 radical (unpaired) electrons. The highest BCUT2D eigenvalue weighted by Gasteiger charge is 2.33. The van der Waals surface area contributed by atoms with E-state index in [1.165, 1.54) is 28.7 Å². The molecule has 394 valence electrons. The van der Waals surface area contributed by atoms with E-state index in [0.29, 0.717) is 78.0 Å². The Hall–Kier alpha value is -7.51. The molecule has 0 saturated carbocycles. The smallest absolute Gasteiger partial charge is 0.384 e. The fourth-order valence-corrected chi connectivity index (χ4v) is 8.52. The number of hydrogen-bond donors (Lipinski definition) is 5. The molecule has 2 fully saturated rings. The van der Waals surface area contributed by atoms with Crippen molar-refractivity contribution in [2.75, 3.05) is 50.1 Å². The van der Waals surface area contributed by atoms with Crippen LogP contribution < -0.4 is 39.2 Å². The summed E-state index contributed by atoms with van der Waals surface area (Å²) in [5, 5.41) is 4.09. The molecule has 2 amide bonds. The number of rotatable bonds is 6. The molecule has 73 heavy (non-hydrogen) atoms. The molecule has 19 nitrogen and oxygen atoms in total. The van der Waals surface area contributed by atoms with Crippen LogP contribution in [0.3, 0.4) is 0 Å². The molecule has 26 heteroatoms. The van der Waals surface area contributed by atoms with Crippen molar-refractivity contribution in [1.29, 1.82) is 0 Å². The number of aromatic amines is 1. The second-order valence-corrected chi connectivity index (χ2v) is 17.5. The molecule has 2 atom stereocenters. The van der Waals surface area contributed by atoms with Gasteiger partial charge < -0.3 is 37.3 Å². The fourth-order valence-electron chi connectivity index (χ4n) is 8.52. The zero-order valence-electron chi connectivity index (χ0n) is 41.7. The second-order valence-electron chi connectivity index (χ2n) is 17.5. The van der Waals surface area contributed by atoms with E-state index in [2.05, 4.69) is 35.2 Å². The van der Waals surface area contributed by atoms with E-state index in [0.717, 1.165) is 37.1 Å². The van der Waals surface area contributed by atoms with Crippen molar-refractivity contribution in [2.24, 2.45) is 19.8 Å². The van der Waals surface area contributed by atoms with Crippen molar-refractivity contribution in [2.45, 2.75) is 89.7 Å². The summed E-state index contributed by atoms with van der Waals surface area (Å²) in [5.41, 5.74) is 16.2. The molecular formula is C47H57F7N14O5. The first-order chi connectivity index (χ1) is 34.7. The average Bonchev–Trinajstić information content (AvgIpc) is 3.34. The van der Waals surface area contributed by atoms with Gasteiger partial charge in [0.2, 0.25) is 11.8 Å². The molecule has 6 aromatic heterocycles. The Morgan fingerprint density at radius 2 is 1.14 bits per heavy atom. The third kappa shape index (κ3) is 13.5. The molecule has 0 unspecified atom stereocenters. The SMILES string of the molecule is CC(=O)N1CCC(c2cc3c(=O)[nH]cnc3n(C)c2=O)CC1.CC(=O)N1CCC(c2cc3c(N[C@H](C)c4cc(C(F)(F)F)cc(N)n4)ncnc3n(C)c2=O)CC1.C[C@@H](N)c1cc(C(F)(F)F)cc(N)n1.[2H]CF. The number of aromatic nitrogens is 8. The van der Waals surface area contributed by atoms with Gasteiger partial charge in [-0.3, -0.25) is 37.5 Å². The first kappa shape index (κ1) is 54.8. The molecule has 0 bridgehead atoms. The Morgan fingerprint density at radius 1 is 0.712 bits per heavy atom. The molecule has 2 aliphatic heterocycles. The van der Waals surface area contributed by atoms with Gasteiger partial charge in [0.15, 0.2) is 0 Å². The number of H-pyrrole nitrogens is 1. The Kier molecular flexibility index (Phi) is 17.5. The lowest BCUT2D eigenvalue weighted by molar-refractivity contribution is -0.138. The third-order valence-corrected chi connectivity index (χ3v) is 12.5. The highest BCUT2D eigenvalue weighted by atomic mass is 19.4. The summed E-state index contributed by atoms with van der Waals surface area (Å²) in [7, 11) is 2.25. The highest BCUT2D eigenvalue weighted by Crippen LogP contribution is 2.35. The van der Waals surface area contributed by atoms with E-state index in [1.54, 1.807) is 56.8 Å². The maximum absolute atomic E-state index is 13.2. The highest BCUT2D eigenvalue weighted by molar-refractivity contribution is 5.87. The standard InChI is InChI=1S/C23H26F3N7O2.C15H18N4O3.C8H10F3N3.CH3F/c1-12(18-8-15(23(24,25)26)9-19(27)31-18)30-20-17-10-16(14-4-6-33(7-5-14)13(2)34)22(35)32(3)21(17)29-11-28-20;1-9(20)19-5-3-10(4-6-19)11-7-12-13(18(2)15(11)22)16-8-17-14(12)21;1-4(12)6-2-5(8(9,10)11)3-7(13)14-6;1-2/h8-12,14H,4-7H2,1-3H3,(H2,27,31)(H,28,29,30);7-8,10H,3-6H2,1-2H3,(H,16,17,21);2-4H,12H2,1H3,(H2,13,14);1H3/t12-;;4-;/m1.1./s1/i;;;1D. The Balaban J connectivity index is 0.000000221. The number of nitrogen functional groups attached to an aromatic ring is 2. The second kappa shape index (κ2) is 23.4. The monoisotopic (exact) mass is 1030 g/mol. The summed E-state index contributed by atoms with van der Waals surface area (Å²) in [6, 6.07) is 5.59. The summed E-state index contributed by atoms with van der Waals surface area (Å²) in [5.74, 6) is 0.0449. The van der Waals surface area contributed by atoms with Crippen LogP contribution in [-0.2, 0) is 36.0 Å². The Labute approximate surface area is 414 Å². The van der Waals surface area contributed by atoms with E-state index in [9.17, 15) is 54.7 Å². The van der Waals surface area contributed by atoms with Crippen molar-refractivity contribution in [1.82, 2.24) is 48.8 Å². The number of nitrogens with one attached hydrogen (secondary N) is 2. The molecule has 0 aliphatic carbocycles. The van der Waals surface area contributed by atoms with Gasteiger partial charge in [-0.05, 0) is 87.8 Å². The van der Waals surface area contributed by atoms with Crippen molar-refractivity contribution in [3.8, 4) is 0 Å². The number of fused-ring (bicyclic) bond motifs is 2. The number of hydrogen-bond acceptors (Lipinski definition) is 14. The summed E-state index contributed by atoms with van der Waals surface area (Å²) in [4.78, 5) is 87.1. The van der Waals surface area contributed by atoms with Gasteiger partial charge in [0.1, 0.15) is 35.1 Å². The van der Waals surface area contributed by atoms with Gasteiger partial charge in [-0.25, -0.2) is 24.9 Å². The topological polar surface area (TPSA) is 272 Å². The number of nitrogens with two attached hydrogens (primary N) is 3. The van der Waals surface area contributed by atoms with Crippen LogP contribution in [0.5, 0.6) is 0 Å². The van der Waals surface area contributed by atoms with Crippen molar-refractivity contribution in [3.63, 3.8) is 0 Å². The molecule has 2 aliphatic rings. The lowest BCUT2D eigenvalue weighted by Crippen LogP contribution is -2.38. The van der Waals surface area contributed by atoms with E-state index < -0.39 is 42.7 Å². The van der Waals surface area contributed by atoms with Crippen molar-refractivity contribution in [3.05, 3.63) is 114 Å². The average molecular weight is 1030 g/mol. The predicted molar refractivity (Wildman–Crippen MR) is 260 cm³/mol. The Morgan fingerprint density at radius 3 is 1.58 bits per heavy atom. The zero-order valence-corrected chi connectivity index (χ0v) is 40.7.